The smallest absolute Gasteiger partial charge is 0.277 e. The fourth-order valence-electron chi connectivity index (χ4n) is 0.469. The van der Waals surface area contributed by atoms with Gasteiger partial charge in [-0.15, -0.1) is 0 Å². The topological polar surface area (TPSA) is 83.0 Å². The first kappa shape index (κ1) is 11.1. The van der Waals surface area contributed by atoms with Gasteiger partial charge in [-0.2, -0.15) is 13.5 Å². The Hall–Kier alpha value is 0.0400. The van der Waals surface area contributed by atoms with Crippen molar-refractivity contribution in [2.75, 3.05) is 0 Å². The lowest BCUT2D eigenvalue weighted by molar-refractivity contribution is 0.482. The average Bonchev–Trinajstić information content (AvgIpc) is 2.33. The van der Waals surface area contributed by atoms with Crippen molar-refractivity contribution in [2.45, 2.75) is 15.8 Å². The predicted molar refractivity (Wildman–Crippen MR) is 54.2 cm³/mol. The van der Waals surface area contributed by atoms with Crippen LogP contribution in [0.3, 0.4) is 0 Å². The van der Waals surface area contributed by atoms with E-state index in [1.807, 2.05) is 0 Å². The zero-order valence-corrected chi connectivity index (χ0v) is 9.69. The zero-order chi connectivity index (χ0) is 10.1. The van der Waals surface area contributed by atoms with Crippen LogP contribution >= 0.6 is 35.3 Å². The summed E-state index contributed by atoms with van der Waals surface area (Å²) in [5.41, 5.74) is 0. The normalized spacial score (nSPS) is 14.3. The van der Waals surface area contributed by atoms with Gasteiger partial charge in [0.25, 0.3) is 10.1 Å². The second kappa shape index (κ2) is 4.05. The summed E-state index contributed by atoms with van der Waals surface area (Å²) in [5, 5.41) is 6.26. The molecule has 0 radical (unpaired) electrons. The Morgan fingerprint density at radius 3 is 2.77 bits per heavy atom. The van der Waals surface area contributed by atoms with Crippen molar-refractivity contribution in [1.82, 2.24) is 10.2 Å². The minimum absolute atomic E-state index is 0.477. The maximum atomic E-state index is 10.6. The van der Waals surface area contributed by atoms with E-state index in [4.69, 9.17) is 16.8 Å². The molecule has 2 N–H and O–H groups in total. The van der Waals surface area contributed by atoms with Crippen molar-refractivity contribution in [3.05, 3.63) is 3.95 Å². The van der Waals surface area contributed by atoms with E-state index in [1.54, 1.807) is 0 Å². The summed E-state index contributed by atoms with van der Waals surface area (Å²) in [7, 11) is -4.01. The number of nitrogens with zero attached hydrogens (tertiary/aromatic N) is 1. The fraction of sp³-hybridized carbons (Fsp3) is 0.500. The molecular weight excluding hydrogens is 252 g/mol. The standard InChI is InChI=1S/C4H6N2O3S4/c1-2(13(7,8)9)11-4-6-5-3(10)12-4/h2H,1H3,(H,5,10)(H,7,8,9). The van der Waals surface area contributed by atoms with Crippen molar-refractivity contribution < 1.29 is 13.0 Å². The van der Waals surface area contributed by atoms with E-state index >= 15 is 0 Å². The van der Waals surface area contributed by atoms with Gasteiger partial charge in [0.1, 0.15) is 4.58 Å². The van der Waals surface area contributed by atoms with Crippen LogP contribution in [0.2, 0.25) is 0 Å². The van der Waals surface area contributed by atoms with Crippen molar-refractivity contribution in [3.8, 4) is 0 Å². The highest BCUT2D eigenvalue weighted by atomic mass is 32.3. The number of hydrogen-bond acceptors (Lipinski definition) is 6. The number of H-pyrrole nitrogens is 1. The van der Waals surface area contributed by atoms with Crippen molar-refractivity contribution in [1.29, 1.82) is 0 Å². The second-order valence-electron chi connectivity index (χ2n) is 2.08. The molecule has 9 heteroatoms. The van der Waals surface area contributed by atoms with Crippen LogP contribution in [-0.2, 0) is 10.1 Å². The third kappa shape index (κ3) is 3.35. The Morgan fingerprint density at radius 2 is 2.38 bits per heavy atom. The van der Waals surface area contributed by atoms with Gasteiger partial charge in [0, 0.05) is 0 Å². The van der Waals surface area contributed by atoms with Crippen molar-refractivity contribution in [3.63, 3.8) is 0 Å². The summed E-state index contributed by atoms with van der Waals surface area (Å²) in [4.78, 5) is 0. The number of aromatic amines is 1. The molecule has 1 aromatic rings. The first-order valence-electron chi connectivity index (χ1n) is 3.08. The quantitative estimate of drug-likeness (QED) is 0.486. The average molecular weight is 258 g/mol. The minimum atomic E-state index is -4.01. The van der Waals surface area contributed by atoms with Crippen LogP contribution in [-0.4, -0.2) is 27.7 Å². The Morgan fingerprint density at radius 1 is 1.77 bits per heavy atom. The Balaban J connectivity index is 2.76. The third-order valence-electron chi connectivity index (χ3n) is 1.10. The number of nitrogens with one attached hydrogen (secondary N) is 1. The number of aromatic nitrogens is 2. The summed E-state index contributed by atoms with van der Waals surface area (Å²) in [6.07, 6.45) is 0. The molecule has 0 spiro atoms. The Labute approximate surface area is 88.3 Å². The van der Waals surface area contributed by atoms with Crippen LogP contribution in [0.4, 0.5) is 0 Å². The molecule has 0 bridgehead atoms. The van der Waals surface area contributed by atoms with E-state index in [1.165, 1.54) is 18.3 Å². The van der Waals surface area contributed by atoms with Crippen molar-refractivity contribution >= 4 is 45.4 Å². The van der Waals surface area contributed by atoms with Gasteiger partial charge < -0.3 is 0 Å². The van der Waals surface area contributed by atoms with Gasteiger partial charge in [-0.05, 0) is 19.1 Å². The number of thioether (sulfide) groups is 1. The van der Waals surface area contributed by atoms with Crippen LogP contribution in [0.25, 0.3) is 0 Å². The molecule has 0 aliphatic carbocycles. The molecule has 1 aromatic heterocycles. The third-order valence-corrected chi connectivity index (χ3v) is 5.01. The predicted octanol–water partition coefficient (Wildman–Crippen LogP) is 1.53. The van der Waals surface area contributed by atoms with Crippen LogP contribution in [0.5, 0.6) is 0 Å². The Bertz CT molecular complexity index is 432. The molecule has 1 atom stereocenters. The molecule has 0 saturated heterocycles. The molecule has 13 heavy (non-hydrogen) atoms. The maximum Gasteiger partial charge on any atom is 0.277 e. The van der Waals surface area contributed by atoms with Gasteiger partial charge in [0.05, 0.1) is 0 Å². The summed E-state index contributed by atoms with van der Waals surface area (Å²) < 4.78 is 29.9. The first-order chi connectivity index (χ1) is 5.89. The van der Waals surface area contributed by atoms with Crippen LogP contribution in [0, 0.1) is 3.95 Å². The summed E-state index contributed by atoms with van der Waals surface area (Å²) in [6.45, 7) is 1.38. The zero-order valence-electron chi connectivity index (χ0n) is 6.42. The summed E-state index contributed by atoms with van der Waals surface area (Å²) in [6, 6.07) is 0. The van der Waals surface area contributed by atoms with Crippen LogP contribution in [0.15, 0.2) is 4.34 Å². The molecule has 1 unspecified atom stereocenters. The molecule has 0 amide bonds. The van der Waals surface area contributed by atoms with E-state index in [-0.39, 0.29) is 0 Å². The minimum Gasteiger partial charge on any atom is -0.285 e. The fourth-order valence-corrected chi connectivity index (χ4v) is 3.45. The molecule has 0 aliphatic rings. The second-order valence-corrected chi connectivity index (χ2v) is 7.37. The lowest BCUT2D eigenvalue weighted by Crippen LogP contribution is -2.11. The molecule has 1 rings (SSSR count). The van der Waals surface area contributed by atoms with Gasteiger partial charge in [0.2, 0.25) is 0 Å². The lowest BCUT2D eigenvalue weighted by atomic mass is 11.0. The van der Waals surface area contributed by atoms with E-state index in [2.05, 4.69) is 10.2 Å². The Kier molecular flexibility index (Phi) is 3.46. The first-order valence-corrected chi connectivity index (χ1v) is 6.69. The monoisotopic (exact) mass is 258 g/mol. The van der Waals surface area contributed by atoms with Gasteiger partial charge >= 0.3 is 0 Å². The summed E-state index contributed by atoms with van der Waals surface area (Å²) >= 11 is 6.86. The summed E-state index contributed by atoms with van der Waals surface area (Å²) in [5.74, 6) is 0. The highest BCUT2D eigenvalue weighted by Gasteiger charge is 2.19. The van der Waals surface area contributed by atoms with Crippen LogP contribution in [0.1, 0.15) is 6.92 Å². The number of hydrogen-bond donors (Lipinski definition) is 2. The highest BCUT2D eigenvalue weighted by molar-refractivity contribution is 8.12. The molecule has 74 valence electrons. The SMILES string of the molecule is CC(Sc1n[nH]c(=S)s1)S(=O)(=O)O. The molecule has 0 saturated carbocycles. The van der Waals surface area contributed by atoms with E-state index < -0.39 is 14.7 Å². The molecule has 1 heterocycles. The van der Waals surface area contributed by atoms with Crippen LogP contribution < -0.4 is 0 Å². The molecule has 0 aliphatic heterocycles. The van der Waals surface area contributed by atoms with Gasteiger partial charge in [-0.25, -0.2) is 0 Å². The highest BCUT2D eigenvalue weighted by Crippen LogP contribution is 2.27. The van der Waals surface area contributed by atoms with Gasteiger partial charge in [-0.3, -0.25) is 9.65 Å². The maximum absolute atomic E-state index is 10.6. The van der Waals surface area contributed by atoms with E-state index in [9.17, 15) is 8.42 Å². The molecule has 0 fully saturated rings. The number of rotatable bonds is 3. The van der Waals surface area contributed by atoms with Gasteiger partial charge in [0.15, 0.2) is 8.29 Å². The largest absolute Gasteiger partial charge is 0.285 e. The van der Waals surface area contributed by atoms with Gasteiger partial charge in [-0.1, -0.05) is 23.1 Å². The molecule has 5 nitrogen and oxygen atoms in total. The lowest BCUT2D eigenvalue weighted by Gasteiger charge is -2.02. The van der Waals surface area contributed by atoms with Crippen molar-refractivity contribution in [2.24, 2.45) is 0 Å². The van der Waals surface area contributed by atoms with E-state index in [0.29, 0.717) is 8.29 Å². The molecule has 0 aromatic carbocycles. The molecular formula is C4H6N2O3S4. The van der Waals surface area contributed by atoms with E-state index in [0.717, 1.165) is 11.8 Å².